The van der Waals surface area contributed by atoms with Gasteiger partial charge >= 0.3 is 5.97 Å². The van der Waals surface area contributed by atoms with Gasteiger partial charge in [-0.25, -0.2) is 9.18 Å². The van der Waals surface area contributed by atoms with Gasteiger partial charge < -0.3 is 4.74 Å². The number of aryl methyl sites for hydroxylation is 1. The van der Waals surface area contributed by atoms with Crippen LogP contribution in [0.25, 0.3) is 10.9 Å². The van der Waals surface area contributed by atoms with Crippen molar-refractivity contribution < 1.29 is 13.9 Å². The fourth-order valence-electron chi connectivity index (χ4n) is 1.65. The first kappa shape index (κ1) is 12.0. The van der Waals surface area contributed by atoms with Crippen molar-refractivity contribution in [3.63, 3.8) is 0 Å². The van der Waals surface area contributed by atoms with Gasteiger partial charge in [-0.3, -0.25) is 4.68 Å². The van der Waals surface area contributed by atoms with E-state index in [-0.39, 0.29) is 12.2 Å². The average molecular weight is 301 g/mol. The highest BCUT2D eigenvalue weighted by atomic mass is 79.9. The normalized spacial score (nSPS) is 10.8. The number of esters is 1. The quantitative estimate of drug-likeness (QED) is 0.818. The number of methoxy groups -OCH3 is 1. The molecule has 6 heteroatoms. The van der Waals surface area contributed by atoms with Crippen molar-refractivity contribution in [1.29, 1.82) is 0 Å². The van der Waals surface area contributed by atoms with Crippen molar-refractivity contribution in [2.24, 2.45) is 0 Å². The van der Waals surface area contributed by atoms with Crippen LogP contribution in [-0.2, 0) is 11.3 Å². The number of aromatic nitrogens is 2. The molecule has 0 bridgehead atoms. The van der Waals surface area contributed by atoms with Gasteiger partial charge in [0, 0.05) is 9.86 Å². The Morgan fingerprint density at radius 2 is 2.35 bits per heavy atom. The number of fused-ring (bicyclic) bond motifs is 1. The van der Waals surface area contributed by atoms with Crippen LogP contribution in [-0.4, -0.2) is 29.5 Å². The number of alkyl halides is 1. The first-order chi connectivity index (χ1) is 8.17. The van der Waals surface area contributed by atoms with Crippen molar-refractivity contribution in [3.05, 3.63) is 28.4 Å². The fourth-order valence-corrected chi connectivity index (χ4v) is 2.01. The number of benzene rings is 1. The van der Waals surface area contributed by atoms with E-state index >= 15 is 0 Å². The van der Waals surface area contributed by atoms with Gasteiger partial charge in [-0.05, 0) is 18.2 Å². The van der Waals surface area contributed by atoms with E-state index in [0.29, 0.717) is 10.9 Å². The molecule has 0 saturated carbocycles. The Bertz CT molecular complexity index is 568. The predicted octanol–water partition coefficient (Wildman–Crippen LogP) is 2.55. The molecule has 1 aromatic heterocycles. The summed E-state index contributed by atoms with van der Waals surface area (Å²) in [4.78, 5) is 11.5. The molecule has 1 aromatic carbocycles. The second kappa shape index (κ2) is 4.83. The molecule has 0 fully saturated rings. The Morgan fingerprint density at radius 3 is 3.00 bits per heavy atom. The van der Waals surface area contributed by atoms with E-state index in [1.807, 2.05) is 6.07 Å². The van der Waals surface area contributed by atoms with Crippen LogP contribution in [0.2, 0.25) is 0 Å². The molecule has 0 aliphatic rings. The van der Waals surface area contributed by atoms with Gasteiger partial charge in [0.15, 0.2) is 5.69 Å². The summed E-state index contributed by atoms with van der Waals surface area (Å²) in [5.41, 5.74) is 0.920. The third kappa shape index (κ3) is 2.17. The van der Waals surface area contributed by atoms with Crippen LogP contribution in [0.15, 0.2) is 22.7 Å². The first-order valence-electron chi connectivity index (χ1n) is 4.97. The molecule has 0 N–H and O–H groups in total. The smallest absolute Gasteiger partial charge is 0.359 e. The van der Waals surface area contributed by atoms with Gasteiger partial charge in [-0.2, -0.15) is 5.10 Å². The molecule has 17 heavy (non-hydrogen) atoms. The molecule has 2 rings (SSSR count). The zero-order valence-electron chi connectivity index (χ0n) is 9.11. The highest BCUT2D eigenvalue weighted by Gasteiger charge is 2.17. The third-order valence-corrected chi connectivity index (χ3v) is 2.88. The molecule has 0 aliphatic carbocycles. The fraction of sp³-hybridized carbons (Fsp3) is 0.273. The maximum Gasteiger partial charge on any atom is 0.359 e. The molecule has 0 amide bonds. The predicted molar refractivity (Wildman–Crippen MR) is 64.7 cm³/mol. The van der Waals surface area contributed by atoms with Crippen molar-refractivity contribution >= 4 is 32.8 Å². The Hall–Kier alpha value is -1.43. The van der Waals surface area contributed by atoms with Crippen LogP contribution in [0.5, 0.6) is 0 Å². The van der Waals surface area contributed by atoms with E-state index in [0.717, 1.165) is 4.47 Å². The maximum atomic E-state index is 12.4. The monoisotopic (exact) mass is 300 g/mol. The van der Waals surface area contributed by atoms with Crippen LogP contribution in [0, 0.1) is 0 Å². The number of carbonyl (C=O) groups excluding carboxylic acids is 1. The number of hydrogen-bond acceptors (Lipinski definition) is 3. The van der Waals surface area contributed by atoms with Crippen molar-refractivity contribution in [1.82, 2.24) is 9.78 Å². The van der Waals surface area contributed by atoms with Crippen LogP contribution in [0.1, 0.15) is 10.5 Å². The lowest BCUT2D eigenvalue weighted by atomic mass is 10.2. The molecular weight excluding hydrogens is 291 g/mol. The van der Waals surface area contributed by atoms with Gasteiger partial charge in [0.05, 0.1) is 19.2 Å². The first-order valence-corrected chi connectivity index (χ1v) is 5.77. The number of hydrogen-bond donors (Lipinski definition) is 0. The summed E-state index contributed by atoms with van der Waals surface area (Å²) in [7, 11) is 1.29. The summed E-state index contributed by atoms with van der Waals surface area (Å²) in [6.45, 7) is -0.414. The van der Waals surface area contributed by atoms with Gasteiger partial charge in [0.25, 0.3) is 0 Å². The van der Waals surface area contributed by atoms with E-state index < -0.39 is 12.6 Å². The van der Waals surface area contributed by atoms with E-state index in [9.17, 15) is 9.18 Å². The molecule has 0 aliphatic heterocycles. The molecule has 90 valence electrons. The summed E-state index contributed by atoms with van der Waals surface area (Å²) in [6.07, 6.45) is 0. The molecule has 4 nitrogen and oxygen atoms in total. The summed E-state index contributed by atoms with van der Waals surface area (Å²) >= 11 is 3.32. The van der Waals surface area contributed by atoms with Gasteiger partial charge in [0.1, 0.15) is 6.67 Å². The summed E-state index contributed by atoms with van der Waals surface area (Å²) in [6, 6.07) is 5.37. The minimum Gasteiger partial charge on any atom is -0.464 e. The van der Waals surface area contributed by atoms with Gasteiger partial charge in [0.2, 0.25) is 0 Å². The van der Waals surface area contributed by atoms with Crippen LogP contribution in [0.4, 0.5) is 4.39 Å². The minimum absolute atomic E-state index is 0.120. The third-order valence-electron chi connectivity index (χ3n) is 2.39. The van der Waals surface area contributed by atoms with Crippen molar-refractivity contribution in [2.75, 3.05) is 13.8 Å². The number of ether oxygens (including phenoxy) is 1. The molecule has 0 radical (unpaired) electrons. The Labute approximate surface area is 105 Å². The molecular formula is C11H10BrFN2O2. The number of halogens is 2. The lowest BCUT2D eigenvalue weighted by Gasteiger charge is -1.98. The number of nitrogens with zero attached hydrogens (tertiary/aromatic N) is 2. The second-order valence-electron chi connectivity index (χ2n) is 3.41. The Morgan fingerprint density at radius 1 is 1.59 bits per heavy atom. The molecule has 2 aromatic rings. The Kier molecular flexibility index (Phi) is 3.42. The lowest BCUT2D eigenvalue weighted by Crippen LogP contribution is -2.06. The average Bonchev–Trinajstić information content (AvgIpc) is 2.67. The lowest BCUT2D eigenvalue weighted by molar-refractivity contribution is 0.0595. The molecule has 1 heterocycles. The molecule has 0 saturated heterocycles. The van der Waals surface area contributed by atoms with Crippen LogP contribution < -0.4 is 0 Å². The van der Waals surface area contributed by atoms with Crippen LogP contribution in [0.3, 0.4) is 0 Å². The van der Waals surface area contributed by atoms with E-state index in [4.69, 9.17) is 0 Å². The minimum atomic E-state index is -0.534. The number of carbonyl (C=O) groups is 1. The summed E-state index contributed by atoms with van der Waals surface area (Å²) in [5.74, 6) is -0.522. The van der Waals surface area contributed by atoms with Crippen molar-refractivity contribution in [3.8, 4) is 0 Å². The van der Waals surface area contributed by atoms with Crippen molar-refractivity contribution in [2.45, 2.75) is 6.54 Å². The highest BCUT2D eigenvalue weighted by Crippen LogP contribution is 2.23. The van der Waals surface area contributed by atoms with Crippen LogP contribution >= 0.6 is 15.9 Å². The van der Waals surface area contributed by atoms with E-state index in [2.05, 4.69) is 25.8 Å². The SMILES string of the molecule is COC(=O)c1nn(CCF)c2ccc(Br)cc12. The van der Waals surface area contributed by atoms with E-state index in [1.165, 1.54) is 11.8 Å². The molecule has 0 atom stereocenters. The topological polar surface area (TPSA) is 44.1 Å². The number of rotatable bonds is 3. The zero-order valence-corrected chi connectivity index (χ0v) is 10.7. The summed E-state index contributed by atoms with van der Waals surface area (Å²) < 4.78 is 19.3. The standard InChI is InChI=1S/C11H10BrFN2O2/c1-17-11(16)10-8-6-7(12)2-3-9(8)15(14-10)5-4-13/h2-3,6H,4-5H2,1H3. The second-order valence-corrected chi connectivity index (χ2v) is 4.33. The largest absolute Gasteiger partial charge is 0.464 e. The van der Waals surface area contributed by atoms with Gasteiger partial charge in [-0.1, -0.05) is 15.9 Å². The zero-order chi connectivity index (χ0) is 12.4. The molecule has 0 unspecified atom stereocenters. The van der Waals surface area contributed by atoms with E-state index in [1.54, 1.807) is 12.1 Å². The Balaban J connectivity index is 2.66. The maximum absolute atomic E-state index is 12.4. The molecule has 0 spiro atoms. The summed E-state index contributed by atoms with van der Waals surface area (Å²) in [5, 5.41) is 4.72. The van der Waals surface area contributed by atoms with Gasteiger partial charge in [-0.15, -0.1) is 0 Å². The highest BCUT2D eigenvalue weighted by molar-refractivity contribution is 9.10.